The van der Waals surface area contributed by atoms with Crippen molar-refractivity contribution in [3.05, 3.63) is 10.6 Å². The Bertz CT molecular complexity index is 327. The van der Waals surface area contributed by atoms with Crippen LogP contribution in [0.5, 0.6) is 0 Å². The van der Waals surface area contributed by atoms with Gasteiger partial charge in [-0.3, -0.25) is 0 Å². The van der Waals surface area contributed by atoms with Crippen molar-refractivity contribution in [3.8, 4) is 0 Å². The molecule has 0 saturated carbocycles. The fraction of sp³-hybridized carbons (Fsp3) is 0.778. The molecule has 1 aromatic rings. The normalized spacial score (nSPS) is 14.1. The topological polar surface area (TPSA) is 46.0 Å². The lowest BCUT2D eigenvalue weighted by atomic mass is 10.1. The minimum atomic E-state index is -4.15. The average molecular weight is 254 g/mol. The van der Waals surface area contributed by atoms with E-state index in [1.807, 2.05) is 6.92 Å². The van der Waals surface area contributed by atoms with Gasteiger partial charge in [0.15, 0.2) is 0 Å². The summed E-state index contributed by atoms with van der Waals surface area (Å²) in [5, 5.41) is 13.5. The number of aliphatic hydroxyl groups excluding tert-OH is 1. The highest BCUT2D eigenvalue weighted by Gasteiger charge is 2.27. The Labute approximate surface area is 95.5 Å². The first-order valence-corrected chi connectivity index (χ1v) is 5.77. The summed E-state index contributed by atoms with van der Waals surface area (Å²) in [6.45, 7) is 1.86. The molecule has 1 unspecified atom stereocenters. The Morgan fingerprint density at radius 1 is 1.44 bits per heavy atom. The van der Waals surface area contributed by atoms with Gasteiger partial charge in [0.1, 0.15) is 0 Å². The molecular weight excluding hydrogens is 241 g/mol. The highest BCUT2D eigenvalue weighted by Crippen LogP contribution is 2.28. The Balaban J connectivity index is 2.44. The van der Waals surface area contributed by atoms with Gasteiger partial charge >= 0.3 is 6.18 Å². The van der Waals surface area contributed by atoms with Crippen molar-refractivity contribution in [1.29, 1.82) is 0 Å². The minimum absolute atomic E-state index is 0.0777. The van der Waals surface area contributed by atoms with E-state index in [0.29, 0.717) is 17.0 Å². The summed E-state index contributed by atoms with van der Waals surface area (Å²) in [5.74, 6) is 0. The number of rotatable bonds is 5. The third-order valence-electron chi connectivity index (χ3n) is 2.16. The first kappa shape index (κ1) is 13.4. The fourth-order valence-corrected chi connectivity index (χ4v) is 2.10. The summed E-state index contributed by atoms with van der Waals surface area (Å²) in [6, 6.07) is 0. The molecule has 0 radical (unpaired) electrons. The van der Waals surface area contributed by atoms with Crippen molar-refractivity contribution in [3.63, 3.8) is 0 Å². The quantitative estimate of drug-likeness (QED) is 0.878. The SMILES string of the molecule is CCc1nnsc1C(O)CCCC(F)(F)F. The van der Waals surface area contributed by atoms with Crippen LogP contribution in [0.4, 0.5) is 13.2 Å². The van der Waals surface area contributed by atoms with Crippen LogP contribution in [-0.4, -0.2) is 20.9 Å². The summed E-state index contributed by atoms with van der Waals surface area (Å²) in [6.07, 6.45) is -5.25. The zero-order valence-electron chi connectivity index (χ0n) is 8.79. The summed E-state index contributed by atoms with van der Waals surface area (Å²) in [7, 11) is 0. The number of nitrogens with zero attached hydrogens (tertiary/aromatic N) is 2. The molecule has 1 N–H and O–H groups in total. The highest BCUT2D eigenvalue weighted by molar-refractivity contribution is 7.05. The molecule has 0 amide bonds. The number of halogens is 3. The molecule has 0 aromatic carbocycles. The third kappa shape index (κ3) is 4.05. The average Bonchev–Trinajstić information content (AvgIpc) is 2.63. The Morgan fingerprint density at radius 3 is 2.69 bits per heavy atom. The van der Waals surface area contributed by atoms with Crippen LogP contribution < -0.4 is 0 Å². The van der Waals surface area contributed by atoms with Gasteiger partial charge in [-0.2, -0.15) is 13.2 Å². The molecule has 0 bridgehead atoms. The first-order chi connectivity index (χ1) is 7.44. The standard InChI is InChI=1S/C9H13F3N2OS/c1-2-6-8(16-14-13-6)7(15)4-3-5-9(10,11)12/h7,15H,2-5H2,1H3. The zero-order valence-corrected chi connectivity index (χ0v) is 9.61. The van der Waals surface area contributed by atoms with Gasteiger partial charge < -0.3 is 5.11 Å². The van der Waals surface area contributed by atoms with E-state index in [4.69, 9.17) is 0 Å². The van der Waals surface area contributed by atoms with Crippen molar-refractivity contribution in [1.82, 2.24) is 9.59 Å². The van der Waals surface area contributed by atoms with Crippen LogP contribution in [0.15, 0.2) is 0 Å². The van der Waals surface area contributed by atoms with Gasteiger partial charge in [-0.05, 0) is 30.8 Å². The van der Waals surface area contributed by atoms with Gasteiger partial charge in [-0.25, -0.2) is 0 Å². The van der Waals surface area contributed by atoms with Crippen LogP contribution in [0.25, 0.3) is 0 Å². The van der Waals surface area contributed by atoms with Gasteiger partial charge in [-0.15, -0.1) is 5.10 Å². The maximum atomic E-state index is 11.9. The van der Waals surface area contributed by atoms with Crippen LogP contribution in [-0.2, 0) is 6.42 Å². The monoisotopic (exact) mass is 254 g/mol. The van der Waals surface area contributed by atoms with Crippen molar-refractivity contribution in [2.75, 3.05) is 0 Å². The molecule has 1 aromatic heterocycles. The predicted octanol–water partition coefficient (Wildman–Crippen LogP) is 2.87. The lowest BCUT2D eigenvalue weighted by molar-refractivity contribution is -0.136. The fourth-order valence-electron chi connectivity index (χ4n) is 1.34. The van der Waals surface area contributed by atoms with E-state index in [0.717, 1.165) is 11.5 Å². The second-order valence-corrected chi connectivity index (χ2v) is 4.25. The maximum Gasteiger partial charge on any atom is 0.389 e. The van der Waals surface area contributed by atoms with E-state index >= 15 is 0 Å². The molecular formula is C9H13F3N2OS. The summed E-state index contributed by atoms with van der Waals surface area (Å²) < 4.78 is 39.4. The summed E-state index contributed by atoms with van der Waals surface area (Å²) in [5.41, 5.74) is 0.671. The lowest BCUT2D eigenvalue weighted by Gasteiger charge is -2.10. The number of aliphatic hydroxyl groups is 1. The van der Waals surface area contributed by atoms with Crippen molar-refractivity contribution < 1.29 is 18.3 Å². The largest absolute Gasteiger partial charge is 0.389 e. The van der Waals surface area contributed by atoms with Crippen LogP contribution in [0.2, 0.25) is 0 Å². The Kier molecular flexibility index (Phi) is 4.67. The van der Waals surface area contributed by atoms with E-state index in [-0.39, 0.29) is 12.8 Å². The molecule has 1 heterocycles. The summed E-state index contributed by atoms with van der Waals surface area (Å²) >= 11 is 1.05. The van der Waals surface area contributed by atoms with Crippen LogP contribution in [0.1, 0.15) is 42.9 Å². The lowest BCUT2D eigenvalue weighted by Crippen LogP contribution is -2.08. The number of hydrogen-bond acceptors (Lipinski definition) is 4. The number of alkyl halides is 3. The van der Waals surface area contributed by atoms with E-state index < -0.39 is 18.7 Å². The molecule has 0 saturated heterocycles. The van der Waals surface area contributed by atoms with E-state index in [1.54, 1.807) is 0 Å². The van der Waals surface area contributed by atoms with Crippen LogP contribution in [0, 0.1) is 0 Å². The van der Waals surface area contributed by atoms with Crippen molar-refractivity contribution >= 4 is 11.5 Å². The smallest absolute Gasteiger partial charge is 0.387 e. The molecule has 0 aliphatic heterocycles. The summed E-state index contributed by atoms with van der Waals surface area (Å²) in [4.78, 5) is 0.588. The van der Waals surface area contributed by atoms with Crippen LogP contribution >= 0.6 is 11.5 Å². The zero-order chi connectivity index (χ0) is 12.2. The Morgan fingerprint density at radius 2 is 2.12 bits per heavy atom. The molecule has 7 heteroatoms. The minimum Gasteiger partial charge on any atom is -0.387 e. The molecule has 16 heavy (non-hydrogen) atoms. The highest BCUT2D eigenvalue weighted by atomic mass is 32.1. The predicted molar refractivity (Wildman–Crippen MR) is 54.2 cm³/mol. The van der Waals surface area contributed by atoms with Crippen molar-refractivity contribution in [2.45, 2.75) is 44.9 Å². The Hall–Kier alpha value is -0.690. The van der Waals surface area contributed by atoms with E-state index in [2.05, 4.69) is 9.59 Å². The molecule has 0 aliphatic carbocycles. The molecule has 1 rings (SSSR count). The van der Waals surface area contributed by atoms with E-state index in [9.17, 15) is 18.3 Å². The number of aryl methyl sites for hydroxylation is 1. The van der Waals surface area contributed by atoms with Crippen LogP contribution in [0.3, 0.4) is 0 Å². The molecule has 0 aliphatic rings. The maximum absolute atomic E-state index is 11.9. The molecule has 0 spiro atoms. The first-order valence-electron chi connectivity index (χ1n) is 5.00. The molecule has 0 fully saturated rings. The van der Waals surface area contributed by atoms with Gasteiger partial charge in [0.2, 0.25) is 0 Å². The molecule has 92 valence electrons. The number of aromatic nitrogens is 2. The van der Waals surface area contributed by atoms with Gasteiger partial charge in [0, 0.05) is 6.42 Å². The molecule has 1 atom stereocenters. The second kappa shape index (κ2) is 5.58. The molecule has 3 nitrogen and oxygen atoms in total. The van der Waals surface area contributed by atoms with Gasteiger partial charge in [0.25, 0.3) is 0 Å². The van der Waals surface area contributed by atoms with Gasteiger partial charge in [-0.1, -0.05) is 11.4 Å². The number of hydrogen-bond donors (Lipinski definition) is 1. The van der Waals surface area contributed by atoms with Gasteiger partial charge in [0.05, 0.1) is 16.7 Å². The second-order valence-electron chi connectivity index (χ2n) is 3.46. The van der Waals surface area contributed by atoms with E-state index in [1.165, 1.54) is 0 Å². The third-order valence-corrected chi connectivity index (χ3v) is 3.03. The van der Waals surface area contributed by atoms with Crippen molar-refractivity contribution in [2.24, 2.45) is 0 Å².